The fourth-order valence-corrected chi connectivity index (χ4v) is 1.59. The molecule has 0 saturated carbocycles. The van der Waals surface area contributed by atoms with Crippen LogP contribution in [0.3, 0.4) is 0 Å². The number of nitrogens with one attached hydrogen (secondary N) is 2. The molecule has 86 valence electrons. The van der Waals surface area contributed by atoms with Crippen LogP contribution in [0, 0.1) is 5.41 Å². The number of nitrogens with zero attached hydrogens (tertiary/aromatic N) is 1. The van der Waals surface area contributed by atoms with E-state index in [4.69, 9.17) is 10.5 Å². The third-order valence-corrected chi connectivity index (χ3v) is 2.35. The second kappa shape index (κ2) is 5.60. The first-order valence-electron chi connectivity index (χ1n) is 4.69. The van der Waals surface area contributed by atoms with E-state index >= 15 is 0 Å². The average Bonchev–Trinajstić information content (AvgIpc) is 2.16. The van der Waals surface area contributed by atoms with Gasteiger partial charge in [0.15, 0.2) is 0 Å². The van der Waals surface area contributed by atoms with Gasteiger partial charge in [0.05, 0.1) is 11.4 Å². The monoisotopic (exact) mass is 285 g/mol. The van der Waals surface area contributed by atoms with Crippen LogP contribution in [0.4, 0.5) is 4.79 Å². The van der Waals surface area contributed by atoms with Gasteiger partial charge >= 0.3 is 6.09 Å². The van der Waals surface area contributed by atoms with Crippen LogP contribution in [0.5, 0.6) is 0 Å². The van der Waals surface area contributed by atoms with Crippen LogP contribution in [0.25, 0.3) is 0 Å². The van der Waals surface area contributed by atoms with Gasteiger partial charge in [-0.3, -0.25) is 0 Å². The number of halogens is 1. The van der Waals surface area contributed by atoms with Gasteiger partial charge in [-0.2, -0.15) is 0 Å². The molecule has 1 aromatic rings. The van der Waals surface area contributed by atoms with Crippen LogP contribution in [-0.4, -0.2) is 27.9 Å². The molecule has 1 heterocycles. The summed E-state index contributed by atoms with van der Waals surface area (Å²) in [6.07, 6.45) is -0.766. The highest BCUT2D eigenvalue weighted by Gasteiger charge is 2.10. The molecule has 0 aliphatic carbocycles. The van der Waals surface area contributed by atoms with E-state index in [0.717, 1.165) is 0 Å². The minimum Gasteiger partial charge on any atom is -0.465 e. The molecule has 0 radical (unpaired) electrons. The minimum atomic E-state index is -1.08. The maximum Gasteiger partial charge on any atom is 0.404 e. The number of rotatable bonds is 4. The largest absolute Gasteiger partial charge is 0.465 e. The summed E-state index contributed by atoms with van der Waals surface area (Å²) >= 11 is 3.22. The Balaban J connectivity index is 2.62. The third kappa shape index (κ3) is 3.98. The van der Waals surface area contributed by atoms with Gasteiger partial charge in [0, 0.05) is 12.5 Å². The molecular formula is C10H12BrN3O2. The second-order valence-corrected chi connectivity index (χ2v) is 4.19. The molecule has 0 saturated heterocycles. The topological polar surface area (TPSA) is 86.1 Å². The molecular weight excluding hydrogens is 274 g/mol. The maximum absolute atomic E-state index is 10.4. The summed E-state index contributed by atoms with van der Waals surface area (Å²) in [6.45, 7) is 1.71. The fraction of sp³-hybridized carbons (Fsp3) is 0.300. The molecule has 1 amide bonds. The van der Waals surface area contributed by atoms with Crippen LogP contribution in [0.15, 0.2) is 22.8 Å². The van der Waals surface area contributed by atoms with Gasteiger partial charge < -0.3 is 15.8 Å². The molecule has 5 nitrogen and oxygen atoms in total. The molecule has 0 spiro atoms. The molecule has 0 bridgehead atoms. The van der Waals surface area contributed by atoms with Gasteiger partial charge in [0.2, 0.25) is 0 Å². The van der Waals surface area contributed by atoms with Crippen molar-refractivity contribution in [3.8, 4) is 0 Å². The lowest BCUT2D eigenvalue weighted by Crippen LogP contribution is -2.33. The lowest BCUT2D eigenvalue weighted by Gasteiger charge is -2.11. The summed E-state index contributed by atoms with van der Waals surface area (Å²) in [6, 6.07) is 4.98. The molecule has 16 heavy (non-hydrogen) atoms. The molecule has 0 aliphatic heterocycles. The van der Waals surface area contributed by atoms with Gasteiger partial charge in [0.1, 0.15) is 4.60 Å². The quantitative estimate of drug-likeness (QED) is 0.586. The molecule has 1 atom stereocenters. The highest BCUT2D eigenvalue weighted by molar-refractivity contribution is 9.10. The highest BCUT2D eigenvalue weighted by atomic mass is 79.9. The number of aromatic nitrogens is 1. The van der Waals surface area contributed by atoms with Crippen LogP contribution >= 0.6 is 15.9 Å². The Morgan fingerprint density at radius 1 is 1.69 bits per heavy atom. The average molecular weight is 286 g/mol. The normalized spacial score (nSPS) is 11.9. The Morgan fingerprint density at radius 2 is 2.38 bits per heavy atom. The zero-order chi connectivity index (χ0) is 12.1. The first-order valence-corrected chi connectivity index (χ1v) is 5.48. The number of carbonyl (C=O) groups is 1. The molecule has 3 N–H and O–H groups in total. The van der Waals surface area contributed by atoms with Crippen molar-refractivity contribution < 1.29 is 9.90 Å². The van der Waals surface area contributed by atoms with Crippen molar-refractivity contribution in [2.45, 2.75) is 19.4 Å². The van der Waals surface area contributed by atoms with Crippen molar-refractivity contribution >= 4 is 27.7 Å². The van der Waals surface area contributed by atoms with Crippen LogP contribution in [-0.2, 0) is 0 Å². The lowest BCUT2D eigenvalue weighted by atomic mass is 10.1. The van der Waals surface area contributed by atoms with Crippen molar-refractivity contribution in [1.29, 1.82) is 5.41 Å². The van der Waals surface area contributed by atoms with Crippen molar-refractivity contribution in [2.75, 3.05) is 0 Å². The van der Waals surface area contributed by atoms with Gasteiger partial charge in [-0.1, -0.05) is 6.07 Å². The van der Waals surface area contributed by atoms with Crippen molar-refractivity contribution in [3.05, 3.63) is 28.5 Å². The molecule has 0 unspecified atom stereocenters. The minimum absolute atomic E-state index is 0.300. The van der Waals surface area contributed by atoms with Gasteiger partial charge in [-0.15, -0.1) is 0 Å². The van der Waals surface area contributed by atoms with Gasteiger partial charge in [0.25, 0.3) is 0 Å². The predicted octanol–water partition coefficient (Wildman–Crippen LogP) is 2.26. The Hall–Kier alpha value is -1.43. The Kier molecular flexibility index (Phi) is 4.42. The third-order valence-electron chi connectivity index (χ3n) is 1.90. The summed E-state index contributed by atoms with van der Waals surface area (Å²) < 4.78 is 0.661. The van der Waals surface area contributed by atoms with E-state index in [2.05, 4.69) is 26.2 Å². The predicted molar refractivity (Wildman–Crippen MR) is 64.0 cm³/mol. The van der Waals surface area contributed by atoms with Crippen LogP contribution in [0.2, 0.25) is 0 Å². The molecule has 0 aromatic carbocycles. The van der Waals surface area contributed by atoms with Crippen molar-refractivity contribution in [3.63, 3.8) is 0 Å². The molecule has 0 fully saturated rings. The van der Waals surface area contributed by atoms with E-state index in [0.29, 0.717) is 22.4 Å². The summed E-state index contributed by atoms with van der Waals surface area (Å²) in [5.41, 5.74) is 0.857. The number of hydrogen-bond donors (Lipinski definition) is 3. The smallest absolute Gasteiger partial charge is 0.404 e. The van der Waals surface area contributed by atoms with E-state index in [1.54, 1.807) is 25.1 Å². The summed E-state index contributed by atoms with van der Waals surface area (Å²) in [5, 5.41) is 18.6. The highest BCUT2D eigenvalue weighted by Crippen LogP contribution is 2.09. The second-order valence-electron chi connectivity index (χ2n) is 3.38. The Morgan fingerprint density at radius 3 is 2.94 bits per heavy atom. The molecule has 6 heteroatoms. The number of carboxylic acid groups (broad SMARTS) is 1. The van der Waals surface area contributed by atoms with Crippen LogP contribution < -0.4 is 5.32 Å². The first-order chi connectivity index (χ1) is 7.49. The van der Waals surface area contributed by atoms with E-state index in [1.165, 1.54) is 0 Å². The number of pyridine rings is 1. The van der Waals surface area contributed by atoms with Gasteiger partial charge in [-0.25, -0.2) is 9.78 Å². The summed E-state index contributed by atoms with van der Waals surface area (Å²) in [7, 11) is 0. The number of hydrogen-bond acceptors (Lipinski definition) is 3. The van der Waals surface area contributed by atoms with Crippen molar-refractivity contribution in [2.24, 2.45) is 0 Å². The standard InChI is InChI=1S/C10H12BrN3O2/c1-6(13-10(15)16)5-7(12)8-3-2-4-9(11)14-8/h2-4,6,12-13H,5H2,1H3,(H,15,16)/t6-/m0/s1. The summed E-state index contributed by atoms with van der Waals surface area (Å²) in [5.74, 6) is 0. The van der Waals surface area contributed by atoms with Gasteiger partial charge in [-0.05, 0) is 35.0 Å². The first kappa shape index (κ1) is 12.6. The number of amides is 1. The summed E-state index contributed by atoms with van der Waals surface area (Å²) in [4.78, 5) is 14.5. The zero-order valence-corrected chi connectivity index (χ0v) is 10.3. The molecule has 1 rings (SSSR count). The van der Waals surface area contributed by atoms with E-state index in [9.17, 15) is 4.79 Å². The van der Waals surface area contributed by atoms with E-state index < -0.39 is 6.09 Å². The van der Waals surface area contributed by atoms with Crippen LogP contribution in [0.1, 0.15) is 19.0 Å². The molecule has 1 aromatic heterocycles. The molecule has 0 aliphatic rings. The zero-order valence-electron chi connectivity index (χ0n) is 8.70. The SMILES string of the molecule is C[C@@H](CC(=N)c1cccc(Br)n1)NC(=O)O. The van der Waals surface area contributed by atoms with Crippen molar-refractivity contribution in [1.82, 2.24) is 10.3 Å². The maximum atomic E-state index is 10.4. The van der Waals surface area contributed by atoms with E-state index in [-0.39, 0.29) is 6.04 Å². The lowest BCUT2D eigenvalue weighted by molar-refractivity contribution is 0.191. The fourth-order valence-electron chi connectivity index (χ4n) is 1.25. The van der Waals surface area contributed by atoms with E-state index in [1.807, 2.05) is 0 Å². The Bertz CT molecular complexity index is 409. The Labute approximate surface area is 102 Å².